The van der Waals surface area contributed by atoms with Crippen LogP contribution in [0.4, 0.5) is 10.2 Å². The molecule has 2 aromatic heterocycles. The van der Waals surface area contributed by atoms with E-state index in [1.54, 1.807) is 23.7 Å². The van der Waals surface area contributed by atoms with Crippen LogP contribution in [0.25, 0.3) is 21.3 Å². The van der Waals surface area contributed by atoms with Crippen LogP contribution in [0.15, 0.2) is 36.0 Å². The molecule has 1 aliphatic rings. The Bertz CT molecular complexity index is 855. The third-order valence-electron chi connectivity index (χ3n) is 4.63. The molecule has 0 N–H and O–H groups in total. The highest BCUT2D eigenvalue weighted by Crippen LogP contribution is 2.38. The number of fused-ring (bicyclic) bond motifs is 1. The molecule has 1 saturated heterocycles. The molecule has 0 saturated carbocycles. The molecule has 24 heavy (non-hydrogen) atoms. The Labute approximate surface area is 144 Å². The molecule has 0 aliphatic carbocycles. The van der Waals surface area contributed by atoms with Crippen molar-refractivity contribution in [2.75, 3.05) is 37.6 Å². The summed E-state index contributed by atoms with van der Waals surface area (Å²) in [5, 5.41) is 2.96. The number of hydrogen-bond donors (Lipinski definition) is 0. The second-order valence-electron chi connectivity index (χ2n) is 5.93. The topological polar surface area (TPSA) is 32.3 Å². The maximum absolute atomic E-state index is 14.3. The average Bonchev–Trinajstić information content (AvgIpc) is 3.06. The van der Waals surface area contributed by atoms with E-state index in [4.69, 9.17) is 0 Å². The van der Waals surface area contributed by atoms with Crippen LogP contribution in [0.2, 0.25) is 0 Å². The predicted molar refractivity (Wildman–Crippen MR) is 97.1 cm³/mol. The summed E-state index contributed by atoms with van der Waals surface area (Å²) in [5.74, 6) is 0.720. The molecule has 1 fully saturated rings. The highest BCUT2D eigenvalue weighted by atomic mass is 32.1. The standard InChI is InChI=1S/C18H19FN4S/c1-2-22-7-9-23(10-8-22)17-16-14(11-24-18(16)21-12-20-17)13-5-3-4-6-15(13)19/h3-6,11-12H,2,7-10H2,1H3. The molecule has 124 valence electrons. The fourth-order valence-electron chi connectivity index (χ4n) is 3.25. The number of thiophene rings is 1. The van der Waals surface area contributed by atoms with Crippen LogP contribution in [0.3, 0.4) is 0 Å². The first kappa shape index (κ1) is 15.5. The van der Waals surface area contributed by atoms with Crippen molar-refractivity contribution < 1.29 is 4.39 Å². The highest BCUT2D eigenvalue weighted by molar-refractivity contribution is 7.17. The molecular formula is C18H19FN4S. The normalized spacial score (nSPS) is 16.0. The molecular weight excluding hydrogens is 323 g/mol. The van der Waals surface area contributed by atoms with Gasteiger partial charge in [0.2, 0.25) is 0 Å². The van der Waals surface area contributed by atoms with Crippen molar-refractivity contribution in [3.8, 4) is 11.1 Å². The summed E-state index contributed by atoms with van der Waals surface area (Å²) in [6.45, 7) is 7.20. The van der Waals surface area contributed by atoms with Gasteiger partial charge >= 0.3 is 0 Å². The Balaban J connectivity index is 1.80. The molecule has 1 aliphatic heterocycles. The number of hydrogen-bond acceptors (Lipinski definition) is 5. The molecule has 0 radical (unpaired) electrons. The first-order chi connectivity index (χ1) is 11.8. The number of halogens is 1. The van der Waals surface area contributed by atoms with Gasteiger partial charge in [-0.1, -0.05) is 25.1 Å². The van der Waals surface area contributed by atoms with Crippen LogP contribution in [0.5, 0.6) is 0 Å². The van der Waals surface area contributed by atoms with Gasteiger partial charge in [0.1, 0.15) is 22.8 Å². The van der Waals surface area contributed by atoms with Crippen LogP contribution < -0.4 is 4.90 Å². The maximum atomic E-state index is 14.3. The lowest BCUT2D eigenvalue weighted by Gasteiger charge is -2.35. The van der Waals surface area contributed by atoms with Gasteiger partial charge in [-0.2, -0.15) is 0 Å². The van der Waals surface area contributed by atoms with Gasteiger partial charge in [0.15, 0.2) is 0 Å². The highest BCUT2D eigenvalue weighted by Gasteiger charge is 2.22. The molecule has 1 aromatic carbocycles. The van der Waals surface area contributed by atoms with Crippen molar-refractivity contribution in [3.05, 3.63) is 41.8 Å². The number of nitrogens with zero attached hydrogens (tertiary/aromatic N) is 4. The summed E-state index contributed by atoms with van der Waals surface area (Å²) >= 11 is 1.55. The summed E-state index contributed by atoms with van der Waals surface area (Å²) in [6.07, 6.45) is 1.62. The van der Waals surface area contributed by atoms with Gasteiger partial charge in [-0.3, -0.25) is 0 Å². The fraction of sp³-hybridized carbons (Fsp3) is 0.333. The zero-order chi connectivity index (χ0) is 16.5. The van der Waals surface area contributed by atoms with Crippen LogP contribution in [-0.2, 0) is 0 Å². The van der Waals surface area contributed by atoms with Gasteiger partial charge in [-0.25, -0.2) is 14.4 Å². The van der Waals surface area contributed by atoms with Crippen LogP contribution in [0.1, 0.15) is 6.92 Å². The van der Waals surface area contributed by atoms with Gasteiger partial charge in [0.05, 0.1) is 5.39 Å². The second kappa shape index (κ2) is 6.45. The van der Waals surface area contributed by atoms with E-state index in [1.807, 2.05) is 17.5 Å². The quantitative estimate of drug-likeness (QED) is 0.727. The summed E-state index contributed by atoms with van der Waals surface area (Å²) in [7, 11) is 0. The molecule has 4 nitrogen and oxygen atoms in total. The number of piperazine rings is 1. The van der Waals surface area contributed by atoms with E-state index in [0.717, 1.165) is 54.3 Å². The lowest BCUT2D eigenvalue weighted by Crippen LogP contribution is -2.46. The Morgan fingerprint density at radius 3 is 2.62 bits per heavy atom. The van der Waals surface area contributed by atoms with Gasteiger partial charge < -0.3 is 9.80 Å². The van der Waals surface area contributed by atoms with Crippen molar-refractivity contribution in [2.24, 2.45) is 0 Å². The Morgan fingerprint density at radius 2 is 1.88 bits per heavy atom. The number of rotatable bonds is 3. The van der Waals surface area contributed by atoms with E-state index >= 15 is 0 Å². The zero-order valence-corrected chi connectivity index (χ0v) is 14.4. The minimum Gasteiger partial charge on any atom is -0.353 e. The number of aromatic nitrogens is 2. The predicted octanol–water partition coefficient (Wildman–Crippen LogP) is 3.64. The minimum atomic E-state index is -0.206. The summed E-state index contributed by atoms with van der Waals surface area (Å²) in [5.41, 5.74) is 1.51. The number of anilines is 1. The first-order valence-electron chi connectivity index (χ1n) is 8.22. The van der Waals surface area contributed by atoms with E-state index in [9.17, 15) is 4.39 Å². The third-order valence-corrected chi connectivity index (χ3v) is 5.52. The summed E-state index contributed by atoms with van der Waals surface area (Å²) in [4.78, 5) is 14.6. The smallest absolute Gasteiger partial charge is 0.141 e. The molecule has 6 heteroatoms. The molecule has 0 unspecified atom stereocenters. The molecule has 0 bridgehead atoms. The SMILES string of the molecule is CCN1CCN(c2ncnc3scc(-c4ccccc4F)c23)CC1. The van der Waals surface area contributed by atoms with Crippen molar-refractivity contribution >= 4 is 27.4 Å². The van der Waals surface area contributed by atoms with Crippen LogP contribution >= 0.6 is 11.3 Å². The number of likely N-dealkylation sites (N-methyl/N-ethyl adjacent to an activating group) is 1. The van der Waals surface area contributed by atoms with E-state index in [1.165, 1.54) is 6.07 Å². The molecule has 4 rings (SSSR count). The van der Waals surface area contributed by atoms with Gasteiger partial charge in [-0.15, -0.1) is 11.3 Å². The van der Waals surface area contributed by atoms with Crippen molar-refractivity contribution in [1.29, 1.82) is 0 Å². The van der Waals surface area contributed by atoms with Gasteiger partial charge in [0, 0.05) is 42.7 Å². The Hall–Kier alpha value is -2.05. The van der Waals surface area contributed by atoms with Crippen LogP contribution in [-0.4, -0.2) is 47.6 Å². The first-order valence-corrected chi connectivity index (χ1v) is 9.10. The fourth-order valence-corrected chi connectivity index (χ4v) is 4.15. The molecule has 3 heterocycles. The third kappa shape index (κ3) is 2.65. The maximum Gasteiger partial charge on any atom is 0.141 e. The monoisotopic (exact) mass is 342 g/mol. The van der Waals surface area contributed by atoms with Crippen molar-refractivity contribution in [1.82, 2.24) is 14.9 Å². The molecule has 0 atom stereocenters. The zero-order valence-electron chi connectivity index (χ0n) is 13.6. The Kier molecular flexibility index (Phi) is 4.16. The summed E-state index contributed by atoms with van der Waals surface area (Å²) in [6, 6.07) is 6.91. The second-order valence-corrected chi connectivity index (χ2v) is 6.79. The van der Waals surface area contributed by atoms with Crippen molar-refractivity contribution in [3.63, 3.8) is 0 Å². The largest absolute Gasteiger partial charge is 0.353 e. The molecule has 0 spiro atoms. The van der Waals surface area contributed by atoms with E-state index in [2.05, 4.69) is 26.7 Å². The lowest BCUT2D eigenvalue weighted by atomic mass is 10.1. The van der Waals surface area contributed by atoms with Crippen molar-refractivity contribution in [2.45, 2.75) is 6.92 Å². The molecule has 3 aromatic rings. The lowest BCUT2D eigenvalue weighted by molar-refractivity contribution is 0.271. The van der Waals surface area contributed by atoms with Gasteiger partial charge in [0.25, 0.3) is 0 Å². The minimum absolute atomic E-state index is 0.206. The average molecular weight is 342 g/mol. The van der Waals surface area contributed by atoms with E-state index in [-0.39, 0.29) is 5.82 Å². The summed E-state index contributed by atoms with van der Waals surface area (Å²) < 4.78 is 14.3. The van der Waals surface area contributed by atoms with Crippen LogP contribution in [0, 0.1) is 5.82 Å². The van der Waals surface area contributed by atoms with E-state index in [0.29, 0.717) is 5.56 Å². The van der Waals surface area contributed by atoms with E-state index < -0.39 is 0 Å². The van der Waals surface area contributed by atoms with Gasteiger partial charge in [-0.05, 0) is 12.6 Å². The molecule has 0 amide bonds. The Morgan fingerprint density at radius 1 is 1.08 bits per heavy atom. The number of benzene rings is 1.